The Morgan fingerprint density at radius 1 is 1.26 bits per heavy atom. The third kappa shape index (κ3) is 4.18. The van der Waals surface area contributed by atoms with Crippen LogP contribution in [0, 0.1) is 11.2 Å². The Labute approximate surface area is 178 Å². The molecule has 0 spiro atoms. The molecule has 1 amide bonds. The van der Waals surface area contributed by atoms with Crippen molar-refractivity contribution in [1.29, 1.82) is 0 Å². The first kappa shape index (κ1) is 20.7. The lowest BCUT2D eigenvalue weighted by Gasteiger charge is -2.22. The van der Waals surface area contributed by atoms with Crippen LogP contribution in [0.25, 0.3) is 5.65 Å². The topological polar surface area (TPSA) is 102 Å². The van der Waals surface area contributed by atoms with E-state index in [1.807, 2.05) is 20.8 Å². The molecule has 0 aliphatic carbocycles. The second-order valence-corrected chi connectivity index (χ2v) is 8.39. The van der Waals surface area contributed by atoms with Crippen molar-refractivity contribution in [3.05, 3.63) is 35.8 Å². The molecule has 1 aromatic carbocycles. The molecule has 0 bridgehead atoms. The predicted molar refractivity (Wildman–Crippen MR) is 115 cm³/mol. The molecule has 1 aliphatic rings. The first-order valence-electron chi connectivity index (χ1n) is 9.97. The highest BCUT2D eigenvalue weighted by Crippen LogP contribution is 2.40. The van der Waals surface area contributed by atoms with Crippen molar-refractivity contribution in [2.24, 2.45) is 5.41 Å². The van der Waals surface area contributed by atoms with Crippen LogP contribution in [0.4, 0.5) is 21.7 Å². The first-order chi connectivity index (χ1) is 14.8. The summed E-state index contributed by atoms with van der Waals surface area (Å²) in [6.45, 7) is 7.31. The minimum Gasteiger partial charge on any atom is -0.486 e. The lowest BCUT2D eigenvalue weighted by atomic mass is 9.97. The molecule has 4 rings (SSSR count). The number of halogens is 1. The summed E-state index contributed by atoms with van der Waals surface area (Å²) in [5.41, 5.74) is 0.706. The van der Waals surface area contributed by atoms with E-state index in [1.54, 1.807) is 13.1 Å². The number of anilines is 3. The van der Waals surface area contributed by atoms with E-state index in [2.05, 4.69) is 26.0 Å². The molecular formula is C21H25FN6O3. The van der Waals surface area contributed by atoms with Crippen LogP contribution in [0.15, 0.2) is 24.4 Å². The van der Waals surface area contributed by atoms with Crippen molar-refractivity contribution < 1.29 is 18.7 Å². The highest BCUT2D eigenvalue weighted by molar-refractivity contribution is 6.00. The van der Waals surface area contributed by atoms with Crippen LogP contribution < -0.4 is 25.4 Å². The van der Waals surface area contributed by atoms with Gasteiger partial charge in [0.2, 0.25) is 0 Å². The summed E-state index contributed by atoms with van der Waals surface area (Å²) < 4.78 is 27.3. The van der Waals surface area contributed by atoms with E-state index in [9.17, 15) is 9.18 Å². The maximum absolute atomic E-state index is 14.6. The number of hydrogen-bond donors (Lipinski definition) is 3. The number of nitrogens with one attached hydrogen (secondary N) is 3. The Morgan fingerprint density at radius 3 is 2.77 bits per heavy atom. The monoisotopic (exact) mass is 428 g/mol. The van der Waals surface area contributed by atoms with Gasteiger partial charge in [-0.1, -0.05) is 20.8 Å². The van der Waals surface area contributed by atoms with Crippen LogP contribution in [0.3, 0.4) is 0 Å². The van der Waals surface area contributed by atoms with Gasteiger partial charge in [0, 0.05) is 19.7 Å². The molecule has 31 heavy (non-hydrogen) atoms. The van der Waals surface area contributed by atoms with Gasteiger partial charge < -0.3 is 25.4 Å². The van der Waals surface area contributed by atoms with Gasteiger partial charge in [-0.15, -0.1) is 0 Å². The van der Waals surface area contributed by atoms with E-state index in [0.29, 0.717) is 48.4 Å². The molecule has 164 valence electrons. The van der Waals surface area contributed by atoms with Gasteiger partial charge in [0.25, 0.3) is 5.91 Å². The Kier molecular flexibility index (Phi) is 5.30. The van der Waals surface area contributed by atoms with Gasteiger partial charge in [0.1, 0.15) is 36.1 Å². The van der Waals surface area contributed by atoms with Crippen LogP contribution in [-0.2, 0) is 0 Å². The summed E-state index contributed by atoms with van der Waals surface area (Å²) in [5, 5.41) is 13.2. The maximum Gasteiger partial charge on any atom is 0.256 e. The average molecular weight is 428 g/mol. The van der Waals surface area contributed by atoms with E-state index in [1.165, 1.54) is 22.8 Å². The molecule has 3 aromatic rings. The molecule has 2 aromatic heterocycles. The number of fused-ring (bicyclic) bond motifs is 2. The SMILES string of the molecule is CNc1cc(Nc2c(F)ccc3c2OCCO3)nc2c(C(=O)NCC(C)(C)C)cnn12. The molecule has 3 N–H and O–H groups in total. The Balaban J connectivity index is 1.72. The summed E-state index contributed by atoms with van der Waals surface area (Å²) in [4.78, 5) is 17.3. The van der Waals surface area contributed by atoms with Gasteiger partial charge in [-0.2, -0.15) is 9.61 Å². The Morgan fingerprint density at radius 2 is 2.03 bits per heavy atom. The molecule has 0 saturated carbocycles. The number of carbonyl (C=O) groups is 1. The van der Waals surface area contributed by atoms with Crippen molar-refractivity contribution >= 4 is 28.9 Å². The second-order valence-electron chi connectivity index (χ2n) is 8.39. The Hall–Kier alpha value is -3.56. The summed E-state index contributed by atoms with van der Waals surface area (Å²) in [5.74, 6) is 0.853. The highest BCUT2D eigenvalue weighted by atomic mass is 19.1. The number of hydrogen-bond acceptors (Lipinski definition) is 7. The molecule has 3 heterocycles. The molecule has 1 aliphatic heterocycles. The van der Waals surface area contributed by atoms with Crippen molar-refractivity contribution in [2.45, 2.75) is 20.8 Å². The van der Waals surface area contributed by atoms with E-state index < -0.39 is 5.82 Å². The number of aromatic nitrogens is 3. The van der Waals surface area contributed by atoms with Gasteiger partial charge in [-0.25, -0.2) is 9.37 Å². The maximum atomic E-state index is 14.6. The summed E-state index contributed by atoms with van der Waals surface area (Å²) >= 11 is 0. The number of ether oxygens (including phenoxy) is 2. The predicted octanol–water partition coefficient (Wildman–Crippen LogP) is 3.20. The number of nitrogens with zero attached hydrogens (tertiary/aromatic N) is 3. The lowest BCUT2D eigenvalue weighted by molar-refractivity contribution is 0.0941. The minimum absolute atomic E-state index is 0.0685. The number of rotatable bonds is 5. The summed E-state index contributed by atoms with van der Waals surface area (Å²) in [6, 6.07) is 4.50. The fraction of sp³-hybridized carbons (Fsp3) is 0.381. The van der Waals surface area contributed by atoms with E-state index in [4.69, 9.17) is 9.47 Å². The largest absolute Gasteiger partial charge is 0.486 e. The number of benzene rings is 1. The standard InChI is InChI=1S/C21H25FN6O3/c1-21(2,3)11-24-20(29)12-10-25-28-16(23-4)9-15(27-19(12)28)26-17-13(22)5-6-14-18(17)31-8-7-30-14/h5-6,9-10,23H,7-8,11H2,1-4H3,(H,24,29)(H,26,27). The fourth-order valence-corrected chi connectivity index (χ4v) is 3.14. The lowest BCUT2D eigenvalue weighted by Crippen LogP contribution is -2.32. The zero-order valence-corrected chi connectivity index (χ0v) is 17.9. The van der Waals surface area contributed by atoms with Crippen LogP contribution in [0.1, 0.15) is 31.1 Å². The number of carbonyl (C=O) groups excluding carboxylic acids is 1. The zero-order chi connectivity index (χ0) is 22.2. The van der Waals surface area contributed by atoms with Gasteiger partial charge >= 0.3 is 0 Å². The first-order valence-corrected chi connectivity index (χ1v) is 9.97. The van der Waals surface area contributed by atoms with E-state index in [0.717, 1.165) is 0 Å². The second kappa shape index (κ2) is 7.93. The van der Waals surface area contributed by atoms with Crippen LogP contribution in [-0.4, -0.2) is 47.3 Å². The third-order valence-electron chi connectivity index (χ3n) is 4.66. The van der Waals surface area contributed by atoms with Gasteiger partial charge in [0.15, 0.2) is 23.0 Å². The fourth-order valence-electron chi connectivity index (χ4n) is 3.14. The zero-order valence-electron chi connectivity index (χ0n) is 17.9. The average Bonchev–Trinajstić information content (AvgIpc) is 3.17. The molecule has 10 heteroatoms. The summed E-state index contributed by atoms with van der Waals surface area (Å²) in [7, 11) is 1.72. The van der Waals surface area contributed by atoms with Crippen molar-refractivity contribution in [2.75, 3.05) is 37.4 Å². The molecule has 0 unspecified atom stereocenters. The van der Waals surface area contributed by atoms with E-state index >= 15 is 0 Å². The Bertz CT molecular complexity index is 1140. The highest BCUT2D eigenvalue weighted by Gasteiger charge is 2.22. The van der Waals surface area contributed by atoms with Gasteiger partial charge in [-0.05, 0) is 17.5 Å². The van der Waals surface area contributed by atoms with Crippen molar-refractivity contribution in [3.8, 4) is 11.5 Å². The van der Waals surface area contributed by atoms with Crippen molar-refractivity contribution in [1.82, 2.24) is 19.9 Å². The number of amides is 1. The van der Waals surface area contributed by atoms with Crippen LogP contribution >= 0.6 is 0 Å². The molecule has 0 radical (unpaired) electrons. The molecular weight excluding hydrogens is 403 g/mol. The minimum atomic E-state index is -0.506. The smallest absolute Gasteiger partial charge is 0.256 e. The van der Waals surface area contributed by atoms with Crippen molar-refractivity contribution in [3.63, 3.8) is 0 Å². The molecule has 0 fully saturated rings. The molecule has 0 saturated heterocycles. The normalized spacial score (nSPS) is 13.2. The van der Waals surface area contributed by atoms with Crippen LogP contribution in [0.2, 0.25) is 0 Å². The third-order valence-corrected chi connectivity index (χ3v) is 4.66. The molecule has 0 atom stereocenters. The summed E-state index contributed by atoms with van der Waals surface area (Å²) in [6.07, 6.45) is 1.47. The van der Waals surface area contributed by atoms with Gasteiger partial charge in [0.05, 0.1) is 6.20 Å². The molecule has 9 nitrogen and oxygen atoms in total. The van der Waals surface area contributed by atoms with Crippen LogP contribution in [0.5, 0.6) is 11.5 Å². The van der Waals surface area contributed by atoms with Gasteiger partial charge in [-0.3, -0.25) is 4.79 Å². The van der Waals surface area contributed by atoms with E-state index in [-0.39, 0.29) is 22.8 Å². The quantitative estimate of drug-likeness (QED) is 0.574.